The highest BCUT2D eigenvalue weighted by Gasteiger charge is 2.14. The van der Waals surface area contributed by atoms with Crippen LogP contribution in [0.2, 0.25) is 0 Å². The molecule has 6 heteroatoms. The van der Waals surface area contributed by atoms with E-state index in [1.807, 2.05) is 0 Å². The van der Waals surface area contributed by atoms with Gasteiger partial charge in [-0.15, -0.1) is 0 Å². The van der Waals surface area contributed by atoms with Crippen molar-refractivity contribution in [3.8, 4) is 0 Å². The Balaban J connectivity index is 2.29. The Labute approximate surface area is 99.4 Å². The summed E-state index contributed by atoms with van der Waals surface area (Å²) in [7, 11) is -3.65. The Morgan fingerprint density at radius 2 is 1.76 bits per heavy atom. The zero-order valence-corrected chi connectivity index (χ0v) is 9.68. The van der Waals surface area contributed by atoms with Crippen molar-refractivity contribution in [2.45, 2.75) is 5.03 Å². The molecule has 1 heterocycles. The van der Waals surface area contributed by atoms with Gasteiger partial charge in [0, 0.05) is 5.69 Å². The highest BCUT2D eigenvalue weighted by Crippen LogP contribution is 2.14. The fraction of sp³-hybridized carbons (Fsp3) is 0. The molecule has 1 aromatic heterocycles. The Bertz CT molecular complexity index is 594. The van der Waals surface area contributed by atoms with Crippen LogP contribution in [0.15, 0.2) is 53.7 Å². The number of hydrogen-bond acceptors (Lipinski definition) is 4. The van der Waals surface area contributed by atoms with Gasteiger partial charge in [0.15, 0.2) is 5.03 Å². The second-order valence-electron chi connectivity index (χ2n) is 3.40. The first-order valence-electron chi connectivity index (χ1n) is 4.87. The average molecular weight is 249 g/mol. The van der Waals surface area contributed by atoms with Gasteiger partial charge in [0.2, 0.25) is 0 Å². The van der Waals surface area contributed by atoms with Crippen LogP contribution >= 0.6 is 0 Å². The van der Waals surface area contributed by atoms with Crippen molar-refractivity contribution in [3.05, 3.63) is 48.7 Å². The van der Waals surface area contributed by atoms with Crippen LogP contribution < -0.4 is 10.5 Å². The molecule has 0 saturated heterocycles. The minimum atomic E-state index is -3.65. The number of rotatable bonds is 3. The number of anilines is 2. The topological polar surface area (TPSA) is 85.1 Å². The smallest absolute Gasteiger partial charge is 0.279 e. The van der Waals surface area contributed by atoms with Gasteiger partial charge in [-0.3, -0.25) is 4.72 Å². The summed E-state index contributed by atoms with van der Waals surface area (Å²) in [6.45, 7) is 0. The predicted octanol–water partition coefficient (Wildman–Crippen LogP) is 1.46. The molecule has 0 radical (unpaired) electrons. The summed E-state index contributed by atoms with van der Waals surface area (Å²) in [5.41, 5.74) is 6.36. The van der Waals surface area contributed by atoms with Crippen molar-refractivity contribution in [1.82, 2.24) is 4.98 Å². The first-order chi connectivity index (χ1) is 8.08. The number of nitrogens with one attached hydrogen (secondary N) is 1. The lowest BCUT2D eigenvalue weighted by Crippen LogP contribution is -2.14. The number of para-hydroxylation sites is 1. The van der Waals surface area contributed by atoms with E-state index in [4.69, 9.17) is 5.73 Å². The van der Waals surface area contributed by atoms with E-state index in [2.05, 4.69) is 9.71 Å². The van der Waals surface area contributed by atoms with E-state index >= 15 is 0 Å². The molecule has 3 N–H and O–H groups in total. The minimum Gasteiger partial charge on any atom is -0.397 e. The number of nitrogens with zero attached hydrogens (tertiary/aromatic N) is 1. The van der Waals surface area contributed by atoms with Crippen LogP contribution in [-0.2, 0) is 10.0 Å². The highest BCUT2D eigenvalue weighted by molar-refractivity contribution is 7.92. The van der Waals surface area contributed by atoms with Gasteiger partial charge in [-0.1, -0.05) is 18.2 Å². The minimum absolute atomic E-state index is 0.0597. The second-order valence-corrected chi connectivity index (χ2v) is 5.03. The van der Waals surface area contributed by atoms with Gasteiger partial charge in [-0.05, 0) is 24.3 Å². The quantitative estimate of drug-likeness (QED) is 0.862. The zero-order valence-electron chi connectivity index (χ0n) is 8.87. The summed E-state index contributed by atoms with van der Waals surface area (Å²) < 4.78 is 26.2. The Morgan fingerprint density at radius 1 is 1.06 bits per heavy atom. The number of nitrogen functional groups attached to an aromatic ring is 1. The van der Waals surface area contributed by atoms with Gasteiger partial charge < -0.3 is 5.73 Å². The summed E-state index contributed by atoms with van der Waals surface area (Å²) >= 11 is 0. The van der Waals surface area contributed by atoms with E-state index in [-0.39, 0.29) is 5.03 Å². The molecule has 0 spiro atoms. The van der Waals surface area contributed by atoms with Crippen LogP contribution in [0.5, 0.6) is 0 Å². The molecule has 2 rings (SSSR count). The van der Waals surface area contributed by atoms with Gasteiger partial charge in [-0.25, -0.2) is 4.98 Å². The van der Waals surface area contributed by atoms with Crippen LogP contribution in [0.3, 0.4) is 0 Å². The molecule has 5 nitrogen and oxygen atoms in total. The maximum absolute atomic E-state index is 11.9. The summed E-state index contributed by atoms with van der Waals surface area (Å²) in [5.74, 6) is 0. The first-order valence-corrected chi connectivity index (χ1v) is 6.36. The molecular weight excluding hydrogens is 238 g/mol. The molecule has 0 fully saturated rings. The Hall–Kier alpha value is -2.08. The van der Waals surface area contributed by atoms with E-state index in [1.165, 1.54) is 18.3 Å². The van der Waals surface area contributed by atoms with Crippen LogP contribution in [0, 0.1) is 0 Å². The fourth-order valence-electron chi connectivity index (χ4n) is 1.26. The van der Waals surface area contributed by atoms with Crippen molar-refractivity contribution in [2.75, 3.05) is 10.5 Å². The molecule has 88 valence electrons. The molecule has 0 saturated carbocycles. The van der Waals surface area contributed by atoms with Gasteiger partial charge in [0.05, 0.1) is 11.9 Å². The maximum Gasteiger partial charge on any atom is 0.279 e. The third kappa shape index (κ3) is 2.73. The average Bonchev–Trinajstić information content (AvgIpc) is 2.30. The molecule has 0 aliphatic carbocycles. The summed E-state index contributed by atoms with van der Waals surface area (Å²) in [6.07, 6.45) is 1.31. The summed E-state index contributed by atoms with van der Waals surface area (Å²) in [6, 6.07) is 11.5. The third-order valence-corrected chi connectivity index (χ3v) is 3.36. The molecule has 0 atom stereocenters. The number of sulfonamides is 1. The summed E-state index contributed by atoms with van der Waals surface area (Å²) in [4.78, 5) is 3.77. The monoisotopic (exact) mass is 249 g/mol. The molecule has 17 heavy (non-hydrogen) atoms. The summed E-state index contributed by atoms with van der Waals surface area (Å²) in [5, 5.41) is -0.0597. The van der Waals surface area contributed by atoms with E-state index in [1.54, 1.807) is 30.3 Å². The number of pyridine rings is 1. The molecule has 0 aliphatic rings. The van der Waals surface area contributed by atoms with Crippen LogP contribution in [-0.4, -0.2) is 13.4 Å². The maximum atomic E-state index is 11.9. The van der Waals surface area contributed by atoms with Crippen molar-refractivity contribution < 1.29 is 8.42 Å². The van der Waals surface area contributed by atoms with Crippen LogP contribution in [0.1, 0.15) is 0 Å². The highest BCUT2D eigenvalue weighted by atomic mass is 32.2. The van der Waals surface area contributed by atoms with Crippen molar-refractivity contribution >= 4 is 21.4 Å². The van der Waals surface area contributed by atoms with Crippen molar-refractivity contribution in [1.29, 1.82) is 0 Å². The standard InChI is InChI=1S/C11H11N3O2S/c12-9-6-7-11(13-8-9)17(15,16)14-10-4-2-1-3-5-10/h1-8,14H,12H2. The number of hydrogen-bond donors (Lipinski definition) is 2. The normalized spacial score (nSPS) is 11.1. The van der Waals surface area contributed by atoms with Gasteiger partial charge in [-0.2, -0.15) is 8.42 Å². The lowest BCUT2D eigenvalue weighted by molar-refractivity contribution is 0.597. The van der Waals surface area contributed by atoms with E-state index in [9.17, 15) is 8.42 Å². The van der Waals surface area contributed by atoms with Crippen LogP contribution in [0.25, 0.3) is 0 Å². The van der Waals surface area contributed by atoms with E-state index < -0.39 is 10.0 Å². The molecule has 0 amide bonds. The zero-order chi connectivity index (χ0) is 12.3. The van der Waals surface area contributed by atoms with Gasteiger partial charge in [0.25, 0.3) is 10.0 Å². The van der Waals surface area contributed by atoms with Crippen molar-refractivity contribution in [3.63, 3.8) is 0 Å². The van der Waals surface area contributed by atoms with Crippen molar-refractivity contribution in [2.24, 2.45) is 0 Å². The predicted molar refractivity (Wildman–Crippen MR) is 65.9 cm³/mol. The molecule has 0 unspecified atom stereocenters. The largest absolute Gasteiger partial charge is 0.397 e. The van der Waals surface area contributed by atoms with Crippen LogP contribution in [0.4, 0.5) is 11.4 Å². The lowest BCUT2D eigenvalue weighted by Gasteiger charge is -2.06. The Morgan fingerprint density at radius 3 is 2.35 bits per heavy atom. The molecule has 0 aliphatic heterocycles. The Kier molecular flexibility index (Phi) is 2.97. The number of aromatic nitrogens is 1. The first kappa shape index (κ1) is 11.4. The molecular formula is C11H11N3O2S. The third-order valence-electron chi connectivity index (χ3n) is 2.06. The fourth-order valence-corrected chi connectivity index (χ4v) is 2.25. The van der Waals surface area contributed by atoms with Gasteiger partial charge in [0.1, 0.15) is 0 Å². The number of nitrogens with two attached hydrogens (primary N) is 1. The second kappa shape index (κ2) is 4.42. The van der Waals surface area contributed by atoms with E-state index in [0.717, 1.165) is 0 Å². The van der Waals surface area contributed by atoms with E-state index in [0.29, 0.717) is 11.4 Å². The van der Waals surface area contributed by atoms with Gasteiger partial charge >= 0.3 is 0 Å². The molecule has 0 bridgehead atoms. The SMILES string of the molecule is Nc1ccc(S(=O)(=O)Nc2ccccc2)nc1. The molecule has 2 aromatic rings. The number of benzene rings is 1. The molecule has 1 aromatic carbocycles. The lowest BCUT2D eigenvalue weighted by atomic mass is 10.3.